The number of esters is 2. The lowest BCUT2D eigenvalue weighted by Gasteiger charge is -2.29. The molecule has 0 saturated carbocycles. The third-order valence-corrected chi connectivity index (χ3v) is 3.92. The highest BCUT2D eigenvalue weighted by Gasteiger charge is 2.39. The van der Waals surface area contributed by atoms with Gasteiger partial charge in [0.15, 0.2) is 0 Å². The maximum atomic E-state index is 11.9. The van der Waals surface area contributed by atoms with Gasteiger partial charge < -0.3 is 14.6 Å². The van der Waals surface area contributed by atoms with Gasteiger partial charge in [-0.1, -0.05) is 15.9 Å². The van der Waals surface area contributed by atoms with Crippen molar-refractivity contribution in [2.45, 2.75) is 26.6 Å². The fourth-order valence-corrected chi connectivity index (χ4v) is 2.44. The molecule has 1 aliphatic rings. The molecule has 1 aliphatic heterocycles. The minimum atomic E-state index is -1.40. The quantitative estimate of drug-likeness (QED) is 0.273. The van der Waals surface area contributed by atoms with E-state index in [0.29, 0.717) is 4.47 Å². The standard InChI is InChI=1S/C14H12BrNO7/c1-6-9(15)5-7(11(17)10(6)16(20)21)4-8-12(18)22-14(2,3)23-13(8)19/h4-5,17H,1-3H3. The second kappa shape index (κ2) is 5.65. The normalized spacial score (nSPS) is 16.6. The Labute approximate surface area is 139 Å². The van der Waals surface area contributed by atoms with Crippen LogP contribution in [0, 0.1) is 17.0 Å². The molecule has 122 valence electrons. The number of carbonyl (C=O) groups is 2. The number of halogens is 1. The molecule has 0 unspecified atom stereocenters. The van der Waals surface area contributed by atoms with E-state index in [-0.39, 0.29) is 11.1 Å². The molecule has 1 fully saturated rings. The Bertz CT molecular complexity index is 745. The number of nitrogens with zero attached hydrogens (tertiary/aromatic N) is 1. The Morgan fingerprint density at radius 2 is 1.83 bits per heavy atom. The third-order valence-electron chi connectivity index (χ3n) is 3.09. The van der Waals surface area contributed by atoms with E-state index in [1.54, 1.807) is 0 Å². The smallest absolute Gasteiger partial charge is 0.348 e. The first kappa shape index (κ1) is 16.9. The second-order valence-corrected chi connectivity index (χ2v) is 6.12. The largest absolute Gasteiger partial charge is 0.502 e. The van der Waals surface area contributed by atoms with Crippen LogP contribution in [0.2, 0.25) is 0 Å². The fourth-order valence-electron chi connectivity index (χ4n) is 2.01. The molecule has 0 aliphatic carbocycles. The van der Waals surface area contributed by atoms with Gasteiger partial charge in [0.1, 0.15) is 5.57 Å². The Hall–Kier alpha value is -2.42. The van der Waals surface area contributed by atoms with Crippen molar-refractivity contribution in [2.75, 3.05) is 0 Å². The molecule has 1 heterocycles. The van der Waals surface area contributed by atoms with E-state index in [4.69, 9.17) is 9.47 Å². The molecule has 1 saturated heterocycles. The summed E-state index contributed by atoms with van der Waals surface area (Å²) in [6.07, 6.45) is 0.992. The molecule has 9 heteroatoms. The van der Waals surface area contributed by atoms with Crippen molar-refractivity contribution < 1.29 is 29.1 Å². The zero-order chi connectivity index (χ0) is 17.5. The van der Waals surface area contributed by atoms with E-state index in [9.17, 15) is 24.8 Å². The van der Waals surface area contributed by atoms with Gasteiger partial charge in [-0.15, -0.1) is 0 Å². The SMILES string of the molecule is Cc1c(Br)cc(C=C2C(=O)OC(C)(C)OC2=O)c(O)c1[N+](=O)[O-]. The maximum absolute atomic E-state index is 11.9. The Morgan fingerprint density at radius 1 is 1.30 bits per heavy atom. The van der Waals surface area contributed by atoms with Crippen molar-refractivity contribution >= 4 is 39.6 Å². The van der Waals surface area contributed by atoms with Crippen molar-refractivity contribution in [3.8, 4) is 5.75 Å². The molecule has 0 bridgehead atoms. The average molecular weight is 386 g/mol. The zero-order valence-electron chi connectivity index (χ0n) is 12.4. The number of phenolic OH excluding ortho intramolecular Hbond substituents is 1. The van der Waals surface area contributed by atoms with Gasteiger partial charge in [-0.05, 0) is 19.1 Å². The molecule has 8 nitrogen and oxygen atoms in total. The Morgan fingerprint density at radius 3 is 2.30 bits per heavy atom. The van der Waals surface area contributed by atoms with Crippen molar-refractivity contribution in [1.29, 1.82) is 0 Å². The molecule has 0 radical (unpaired) electrons. The molecule has 1 N–H and O–H groups in total. The molecular weight excluding hydrogens is 374 g/mol. The first-order valence-corrected chi connectivity index (χ1v) is 7.17. The van der Waals surface area contributed by atoms with Gasteiger partial charge in [0, 0.05) is 29.4 Å². The van der Waals surface area contributed by atoms with Crippen molar-refractivity contribution in [1.82, 2.24) is 0 Å². The van der Waals surface area contributed by atoms with Crippen LogP contribution in [0.5, 0.6) is 5.75 Å². The first-order valence-electron chi connectivity index (χ1n) is 6.38. The van der Waals surface area contributed by atoms with Crippen molar-refractivity contribution in [3.63, 3.8) is 0 Å². The van der Waals surface area contributed by atoms with Crippen LogP contribution in [-0.2, 0) is 19.1 Å². The number of nitro benzene ring substituents is 1. The van der Waals surface area contributed by atoms with Crippen molar-refractivity contribution in [3.05, 3.63) is 37.4 Å². The van der Waals surface area contributed by atoms with E-state index in [1.807, 2.05) is 0 Å². The summed E-state index contributed by atoms with van der Waals surface area (Å²) in [5, 5.41) is 21.1. The molecule has 2 rings (SSSR count). The van der Waals surface area contributed by atoms with Crippen LogP contribution in [0.4, 0.5) is 5.69 Å². The van der Waals surface area contributed by atoms with E-state index < -0.39 is 39.7 Å². The van der Waals surface area contributed by atoms with Gasteiger partial charge in [-0.2, -0.15) is 0 Å². The van der Waals surface area contributed by atoms with Crippen LogP contribution in [-0.4, -0.2) is 27.8 Å². The van der Waals surface area contributed by atoms with Gasteiger partial charge in [-0.25, -0.2) is 9.59 Å². The van der Waals surface area contributed by atoms with E-state index >= 15 is 0 Å². The minimum absolute atomic E-state index is 0.0854. The molecule has 0 amide bonds. The summed E-state index contributed by atoms with van der Waals surface area (Å²) in [5.41, 5.74) is -0.865. The number of aromatic hydroxyl groups is 1. The molecular formula is C14H12BrNO7. The lowest BCUT2D eigenvalue weighted by atomic mass is 10.0. The molecule has 0 atom stereocenters. The van der Waals surface area contributed by atoms with Crippen LogP contribution >= 0.6 is 15.9 Å². The summed E-state index contributed by atoms with van der Waals surface area (Å²) in [4.78, 5) is 34.1. The number of cyclic esters (lactones) is 2. The molecule has 1 aromatic carbocycles. The predicted octanol–water partition coefficient (Wildman–Crippen LogP) is 2.59. The summed E-state index contributed by atoms with van der Waals surface area (Å²) >= 11 is 3.14. The van der Waals surface area contributed by atoms with Crippen LogP contribution in [0.15, 0.2) is 16.1 Å². The molecule has 0 spiro atoms. The van der Waals surface area contributed by atoms with Crippen LogP contribution in [0.3, 0.4) is 0 Å². The van der Waals surface area contributed by atoms with Gasteiger partial charge in [0.2, 0.25) is 5.75 Å². The third kappa shape index (κ3) is 3.19. The number of carbonyl (C=O) groups excluding carboxylic acids is 2. The van der Waals surface area contributed by atoms with Gasteiger partial charge in [0.05, 0.1) is 4.92 Å². The van der Waals surface area contributed by atoms with E-state index in [1.165, 1.54) is 26.8 Å². The highest BCUT2D eigenvalue weighted by atomic mass is 79.9. The van der Waals surface area contributed by atoms with Crippen LogP contribution < -0.4 is 0 Å². The summed E-state index contributed by atoms with van der Waals surface area (Å²) in [6, 6.07) is 1.35. The number of phenols is 1. The minimum Gasteiger partial charge on any atom is -0.502 e. The first-order chi connectivity index (χ1) is 10.5. The zero-order valence-corrected chi connectivity index (χ0v) is 14.0. The molecule has 1 aromatic rings. The Kier molecular flexibility index (Phi) is 4.16. The number of ether oxygens (including phenoxy) is 2. The second-order valence-electron chi connectivity index (χ2n) is 5.26. The van der Waals surface area contributed by atoms with Gasteiger partial charge >= 0.3 is 17.6 Å². The molecule has 0 aromatic heterocycles. The summed E-state index contributed by atoms with van der Waals surface area (Å²) in [5.74, 6) is -3.93. The maximum Gasteiger partial charge on any atom is 0.348 e. The predicted molar refractivity (Wildman–Crippen MR) is 81.4 cm³/mol. The van der Waals surface area contributed by atoms with Gasteiger partial charge in [0.25, 0.3) is 5.79 Å². The number of nitro groups is 1. The van der Waals surface area contributed by atoms with Crippen molar-refractivity contribution in [2.24, 2.45) is 0 Å². The number of benzene rings is 1. The number of rotatable bonds is 2. The average Bonchev–Trinajstić information content (AvgIpc) is 2.38. The van der Waals surface area contributed by atoms with Crippen LogP contribution in [0.25, 0.3) is 6.08 Å². The molecule has 23 heavy (non-hydrogen) atoms. The van der Waals surface area contributed by atoms with Gasteiger partial charge in [-0.3, -0.25) is 10.1 Å². The lowest BCUT2D eigenvalue weighted by Crippen LogP contribution is -2.41. The Balaban J connectivity index is 2.58. The lowest BCUT2D eigenvalue weighted by molar-refractivity contribution is -0.386. The van der Waals surface area contributed by atoms with Crippen LogP contribution in [0.1, 0.15) is 25.0 Å². The highest BCUT2D eigenvalue weighted by Crippen LogP contribution is 2.39. The van der Waals surface area contributed by atoms with E-state index in [0.717, 1.165) is 6.08 Å². The number of hydrogen-bond donors (Lipinski definition) is 1. The summed E-state index contributed by atoms with van der Waals surface area (Å²) in [6.45, 7) is 4.24. The monoisotopic (exact) mass is 385 g/mol. The highest BCUT2D eigenvalue weighted by molar-refractivity contribution is 9.10. The fraction of sp³-hybridized carbons (Fsp3) is 0.286. The topological polar surface area (TPSA) is 116 Å². The number of hydrogen-bond acceptors (Lipinski definition) is 7. The summed E-state index contributed by atoms with van der Waals surface area (Å²) < 4.78 is 10.2. The summed E-state index contributed by atoms with van der Waals surface area (Å²) in [7, 11) is 0. The van der Waals surface area contributed by atoms with E-state index in [2.05, 4.69) is 15.9 Å².